The number of carbonyl (C=O) groups excluding carboxylic acids is 1. The molecule has 150 valence electrons. The Hall–Kier alpha value is -1.75. The van der Waals surface area contributed by atoms with Gasteiger partial charge in [0.2, 0.25) is 0 Å². The molecule has 0 aliphatic carbocycles. The Morgan fingerprint density at radius 3 is 2.56 bits per heavy atom. The van der Waals surface area contributed by atoms with Gasteiger partial charge >= 0.3 is 0 Å². The van der Waals surface area contributed by atoms with Gasteiger partial charge in [-0.2, -0.15) is 17.0 Å². The van der Waals surface area contributed by atoms with Crippen LogP contribution >= 0.6 is 0 Å². The predicted molar refractivity (Wildman–Crippen MR) is 101 cm³/mol. The van der Waals surface area contributed by atoms with E-state index in [1.807, 2.05) is 13.8 Å². The molecule has 0 aromatic carbocycles. The van der Waals surface area contributed by atoms with Crippen LogP contribution in [0.1, 0.15) is 35.5 Å². The van der Waals surface area contributed by atoms with Gasteiger partial charge in [-0.25, -0.2) is 4.98 Å². The maximum Gasteiger partial charge on any atom is 0.282 e. The number of nitrogens with zero attached hydrogens (tertiary/aromatic N) is 4. The average molecular weight is 398 g/mol. The fourth-order valence-electron chi connectivity index (χ4n) is 3.48. The van der Waals surface area contributed by atoms with Crippen LogP contribution in [0.4, 0.5) is 5.82 Å². The molecule has 10 heteroatoms. The Balaban J connectivity index is 1.86. The molecule has 0 bridgehead atoms. The Morgan fingerprint density at radius 2 is 1.93 bits per heavy atom. The first kappa shape index (κ1) is 20.0. The number of carbonyl (C=O) groups is 1. The number of ether oxygens (including phenoxy) is 1. The van der Waals surface area contributed by atoms with E-state index in [1.165, 1.54) is 8.61 Å². The Labute approximate surface area is 160 Å². The van der Waals surface area contributed by atoms with Crippen molar-refractivity contribution in [2.24, 2.45) is 0 Å². The van der Waals surface area contributed by atoms with Crippen molar-refractivity contribution in [3.8, 4) is 0 Å². The van der Waals surface area contributed by atoms with Gasteiger partial charge < -0.3 is 15.4 Å². The monoisotopic (exact) mass is 397 g/mol. The van der Waals surface area contributed by atoms with Crippen LogP contribution in [0.25, 0.3) is 0 Å². The van der Waals surface area contributed by atoms with E-state index in [0.29, 0.717) is 57.9 Å². The van der Waals surface area contributed by atoms with E-state index < -0.39 is 10.2 Å². The molecule has 9 nitrogen and oxygen atoms in total. The highest BCUT2D eigenvalue weighted by Crippen LogP contribution is 2.25. The lowest BCUT2D eigenvalue weighted by atomic mass is 10.0. The molecule has 1 aromatic rings. The summed E-state index contributed by atoms with van der Waals surface area (Å²) < 4.78 is 33.8. The van der Waals surface area contributed by atoms with Gasteiger partial charge in [0, 0.05) is 51.4 Å². The summed E-state index contributed by atoms with van der Waals surface area (Å²) in [5.74, 6) is 0.0140. The largest absolute Gasteiger partial charge is 0.383 e. The zero-order valence-electron chi connectivity index (χ0n) is 15.8. The zero-order chi connectivity index (χ0) is 19.6. The second-order valence-corrected chi connectivity index (χ2v) is 8.54. The molecule has 1 saturated heterocycles. The van der Waals surface area contributed by atoms with E-state index in [2.05, 4.69) is 4.98 Å². The summed E-state index contributed by atoms with van der Waals surface area (Å²) in [5, 5.41) is 0. The number of anilines is 1. The van der Waals surface area contributed by atoms with Crippen LogP contribution in [0.5, 0.6) is 0 Å². The standard InChI is InChI=1S/C17H27N5O4S/c1-3-21(4-2)27(24,25)22-6-5-15-13(12-22)11-14(16(18)19-15)17(23)20-7-9-26-10-8-20/h11H,3-10,12H2,1-2H3,(H2,18,19). The first-order valence-electron chi connectivity index (χ1n) is 9.29. The van der Waals surface area contributed by atoms with Crippen molar-refractivity contribution in [3.05, 3.63) is 22.9 Å². The van der Waals surface area contributed by atoms with Gasteiger partial charge in [0.05, 0.1) is 18.8 Å². The van der Waals surface area contributed by atoms with Crippen LogP contribution < -0.4 is 5.73 Å². The van der Waals surface area contributed by atoms with Crippen LogP contribution in [-0.4, -0.2) is 78.8 Å². The van der Waals surface area contributed by atoms with E-state index in [9.17, 15) is 13.2 Å². The number of fused-ring (bicyclic) bond motifs is 1. The zero-order valence-corrected chi connectivity index (χ0v) is 16.7. The Morgan fingerprint density at radius 1 is 1.26 bits per heavy atom. The van der Waals surface area contributed by atoms with E-state index >= 15 is 0 Å². The summed E-state index contributed by atoms with van der Waals surface area (Å²) in [7, 11) is -3.53. The summed E-state index contributed by atoms with van der Waals surface area (Å²) in [6, 6.07) is 1.71. The van der Waals surface area contributed by atoms with E-state index in [4.69, 9.17) is 10.5 Å². The van der Waals surface area contributed by atoms with E-state index in [1.54, 1.807) is 11.0 Å². The van der Waals surface area contributed by atoms with Crippen molar-refractivity contribution in [2.75, 3.05) is 51.7 Å². The molecule has 0 saturated carbocycles. The average Bonchev–Trinajstić information content (AvgIpc) is 2.68. The maximum absolute atomic E-state index is 12.8. The number of rotatable bonds is 5. The van der Waals surface area contributed by atoms with E-state index in [-0.39, 0.29) is 18.3 Å². The third-order valence-electron chi connectivity index (χ3n) is 5.05. The second-order valence-electron chi connectivity index (χ2n) is 6.61. The van der Waals surface area contributed by atoms with Gasteiger partial charge in [-0.1, -0.05) is 13.8 Å². The van der Waals surface area contributed by atoms with Crippen LogP contribution in [0.3, 0.4) is 0 Å². The van der Waals surface area contributed by atoms with Crippen LogP contribution in [0.2, 0.25) is 0 Å². The maximum atomic E-state index is 12.8. The molecule has 0 spiro atoms. The number of nitrogen functional groups attached to an aromatic ring is 1. The van der Waals surface area contributed by atoms with Crippen LogP contribution in [-0.2, 0) is 27.9 Å². The summed E-state index contributed by atoms with van der Waals surface area (Å²) >= 11 is 0. The smallest absolute Gasteiger partial charge is 0.282 e. The molecular formula is C17H27N5O4S. The van der Waals surface area contributed by atoms with Gasteiger partial charge in [0.15, 0.2) is 0 Å². The van der Waals surface area contributed by atoms with E-state index in [0.717, 1.165) is 11.3 Å². The van der Waals surface area contributed by atoms with Crippen molar-refractivity contribution in [1.29, 1.82) is 0 Å². The molecule has 1 fully saturated rings. The number of hydrogen-bond acceptors (Lipinski definition) is 6. The lowest BCUT2D eigenvalue weighted by Crippen LogP contribution is -2.46. The molecular weight excluding hydrogens is 370 g/mol. The van der Waals surface area contributed by atoms with Crippen LogP contribution in [0.15, 0.2) is 6.07 Å². The molecule has 2 aliphatic rings. The highest BCUT2D eigenvalue weighted by molar-refractivity contribution is 7.86. The van der Waals surface area contributed by atoms with Crippen molar-refractivity contribution < 1.29 is 17.9 Å². The molecule has 0 radical (unpaired) electrons. The molecule has 27 heavy (non-hydrogen) atoms. The summed E-state index contributed by atoms with van der Waals surface area (Å²) in [6.07, 6.45) is 0.478. The fourth-order valence-corrected chi connectivity index (χ4v) is 5.08. The number of pyridine rings is 1. The molecule has 2 N–H and O–H groups in total. The highest BCUT2D eigenvalue weighted by atomic mass is 32.2. The van der Waals surface area contributed by atoms with Gasteiger partial charge in [0.1, 0.15) is 5.82 Å². The molecule has 0 unspecified atom stereocenters. The fraction of sp³-hybridized carbons (Fsp3) is 0.647. The van der Waals surface area contributed by atoms with Gasteiger partial charge in [0.25, 0.3) is 16.1 Å². The van der Waals surface area contributed by atoms with Crippen molar-refractivity contribution in [3.63, 3.8) is 0 Å². The summed E-state index contributed by atoms with van der Waals surface area (Å²) in [5.41, 5.74) is 7.87. The summed E-state index contributed by atoms with van der Waals surface area (Å²) in [4.78, 5) is 18.9. The Bertz CT molecular complexity index is 804. The minimum atomic E-state index is -3.53. The number of aromatic nitrogens is 1. The molecule has 1 amide bonds. The van der Waals surface area contributed by atoms with Gasteiger partial charge in [-0.3, -0.25) is 4.79 Å². The predicted octanol–water partition coefficient (Wildman–Crippen LogP) is 0.0809. The third kappa shape index (κ3) is 3.93. The highest BCUT2D eigenvalue weighted by Gasteiger charge is 2.32. The Kier molecular flexibility index (Phi) is 5.99. The lowest BCUT2D eigenvalue weighted by Gasteiger charge is -2.32. The van der Waals surface area contributed by atoms with Crippen molar-refractivity contribution >= 4 is 21.9 Å². The minimum absolute atomic E-state index is 0.185. The number of nitrogens with two attached hydrogens (primary N) is 1. The molecule has 2 aliphatic heterocycles. The van der Waals surface area contributed by atoms with Crippen LogP contribution in [0, 0.1) is 0 Å². The summed E-state index contributed by atoms with van der Waals surface area (Å²) in [6.45, 7) is 7.06. The van der Waals surface area contributed by atoms with Crippen molar-refractivity contribution in [1.82, 2.24) is 18.5 Å². The third-order valence-corrected chi connectivity index (χ3v) is 7.19. The molecule has 3 heterocycles. The number of hydrogen-bond donors (Lipinski definition) is 1. The topological polar surface area (TPSA) is 109 Å². The molecule has 1 aromatic heterocycles. The SMILES string of the molecule is CCN(CC)S(=O)(=O)N1CCc2nc(N)c(C(=O)N3CCOCC3)cc2C1. The van der Waals surface area contributed by atoms with Gasteiger partial charge in [-0.15, -0.1) is 0 Å². The first-order chi connectivity index (χ1) is 12.9. The first-order valence-corrected chi connectivity index (χ1v) is 10.7. The number of amides is 1. The lowest BCUT2D eigenvalue weighted by molar-refractivity contribution is 0.0303. The van der Waals surface area contributed by atoms with Crippen molar-refractivity contribution in [2.45, 2.75) is 26.8 Å². The van der Waals surface area contributed by atoms with Gasteiger partial charge in [-0.05, 0) is 11.6 Å². The molecule has 0 atom stereocenters. The second kappa shape index (κ2) is 8.09. The number of morpholine rings is 1. The molecule has 3 rings (SSSR count). The normalized spacial score (nSPS) is 18.6. The quantitative estimate of drug-likeness (QED) is 0.754. The minimum Gasteiger partial charge on any atom is -0.383 e.